The number of unbranched alkanes of at least 4 members (excludes halogenated alkanes) is 1. The lowest BCUT2D eigenvalue weighted by Crippen LogP contribution is -2.15. The summed E-state index contributed by atoms with van der Waals surface area (Å²) in [5.41, 5.74) is 2.05. The lowest BCUT2D eigenvalue weighted by atomic mass is 10.1. The van der Waals surface area contributed by atoms with Gasteiger partial charge in [0.25, 0.3) is 0 Å². The molecule has 0 saturated heterocycles. The molecule has 0 radical (unpaired) electrons. The van der Waals surface area contributed by atoms with Gasteiger partial charge in [-0.25, -0.2) is 4.79 Å². The van der Waals surface area contributed by atoms with Gasteiger partial charge in [0.15, 0.2) is 0 Å². The summed E-state index contributed by atoms with van der Waals surface area (Å²) >= 11 is 0. The SMILES string of the molecule is CCCCc1[nH]c(=O)nc2c1CCN2. The average Bonchev–Trinajstić information content (AvgIpc) is 2.61. The van der Waals surface area contributed by atoms with E-state index in [4.69, 9.17) is 0 Å². The number of nitrogens with one attached hydrogen (secondary N) is 2. The fourth-order valence-corrected chi connectivity index (χ4v) is 1.83. The number of anilines is 1. The molecule has 0 bridgehead atoms. The van der Waals surface area contributed by atoms with Crippen molar-refractivity contribution in [1.82, 2.24) is 9.97 Å². The van der Waals surface area contributed by atoms with E-state index in [0.717, 1.165) is 43.7 Å². The van der Waals surface area contributed by atoms with Crippen LogP contribution in [0.2, 0.25) is 0 Å². The summed E-state index contributed by atoms with van der Waals surface area (Å²) in [7, 11) is 0. The van der Waals surface area contributed by atoms with Gasteiger partial charge in [-0.15, -0.1) is 0 Å². The monoisotopic (exact) mass is 193 g/mol. The first-order valence-corrected chi connectivity index (χ1v) is 5.17. The quantitative estimate of drug-likeness (QED) is 0.755. The van der Waals surface area contributed by atoms with E-state index in [1.807, 2.05) is 0 Å². The molecule has 0 saturated carbocycles. The van der Waals surface area contributed by atoms with Crippen molar-refractivity contribution in [3.8, 4) is 0 Å². The van der Waals surface area contributed by atoms with Crippen LogP contribution in [0, 0.1) is 0 Å². The first-order valence-electron chi connectivity index (χ1n) is 5.17. The first-order chi connectivity index (χ1) is 6.81. The zero-order chi connectivity index (χ0) is 9.97. The summed E-state index contributed by atoms with van der Waals surface area (Å²) in [5.74, 6) is 0.792. The van der Waals surface area contributed by atoms with Crippen LogP contribution in [0.4, 0.5) is 5.82 Å². The average molecular weight is 193 g/mol. The maximum Gasteiger partial charge on any atom is 0.347 e. The molecule has 4 nitrogen and oxygen atoms in total. The molecule has 0 aliphatic carbocycles. The summed E-state index contributed by atoms with van der Waals surface area (Å²) in [5, 5.41) is 3.13. The summed E-state index contributed by atoms with van der Waals surface area (Å²) in [4.78, 5) is 17.9. The lowest BCUT2D eigenvalue weighted by molar-refractivity contribution is 0.760. The van der Waals surface area contributed by atoms with Gasteiger partial charge in [-0.3, -0.25) is 0 Å². The number of rotatable bonds is 3. The Hall–Kier alpha value is -1.32. The number of aromatic amines is 1. The molecule has 4 heteroatoms. The second-order valence-corrected chi connectivity index (χ2v) is 3.63. The van der Waals surface area contributed by atoms with Crippen LogP contribution in [0.5, 0.6) is 0 Å². The number of fused-ring (bicyclic) bond motifs is 1. The number of hydrogen-bond acceptors (Lipinski definition) is 3. The van der Waals surface area contributed by atoms with Crippen molar-refractivity contribution in [3.63, 3.8) is 0 Å². The number of hydrogen-bond donors (Lipinski definition) is 2. The van der Waals surface area contributed by atoms with Gasteiger partial charge in [0.2, 0.25) is 0 Å². The Labute approximate surface area is 82.8 Å². The minimum absolute atomic E-state index is 0.232. The minimum Gasteiger partial charge on any atom is -0.369 e. The van der Waals surface area contributed by atoms with E-state index < -0.39 is 0 Å². The van der Waals surface area contributed by atoms with Crippen LogP contribution in [0.25, 0.3) is 0 Å². The molecular weight excluding hydrogens is 178 g/mol. The van der Waals surface area contributed by atoms with Crippen LogP contribution in [0.15, 0.2) is 4.79 Å². The van der Waals surface area contributed by atoms with Crippen LogP contribution in [0.3, 0.4) is 0 Å². The molecule has 2 heterocycles. The third kappa shape index (κ3) is 1.64. The molecule has 14 heavy (non-hydrogen) atoms. The van der Waals surface area contributed by atoms with Crippen LogP contribution in [-0.2, 0) is 12.8 Å². The first kappa shape index (κ1) is 9.24. The highest BCUT2D eigenvalue weighted by Gasteiger charge is 2.16. The zero-order valence-electron chi connectivity index (χ0n) is 8.39. The number of H-pyrrole nitrogens is 1. The van der Waals surface area contributed by atoms with Crippen molar-refractivity contribution < 1.29 is 0 Å². The summed E-state index contributed by atoms with van der Waals surface area (Å²) < 4.78 is 0. The molecule has 1 aliphatic rings. The molecule has 1 aromatic rings. The van der Waals surface area contributed by atoms with Gasteiger partial charge < -0.3 is 10.3 Å². The van der Waals surface area contributed by atoms with Gasteiger partial charge in [-0.1, -0.05) is 13.3 Å². The van der Waals surface area contributed by atoms with Crippen molar-refractivity contribution in [2.45, 2.75) is 32.6 Å². The smallest absolute Gasteiger partial charge is 0.347 e. The van der Waals surface area contributed by atoms with E-state index in [-0.39, 0.29) is 5.69 Å². The van der Waals surface area contributed by atoms with Crippen molar-refractivity contribution in [1.29, 1.82) is 0 Å². The largest absolute Gasteiger partial charge is 0.369 e. The van der Waals surface area contributed by atoms with E-state index in [9.17, 15) is 4.79 Å². The van der Waals surface area contributed by atoms with Gasteiger partial charge in [-0.2, -0.15) is 4.98 Å². The number of aromatic nitrogens is 2. The Balaban J connectivity index is 2.34. The lowest BCUT2D eigenvalue weighted by Gasteiger charge is -2.05. The topological polar surface area (TPSA) is 57.8 Å². The molecule has 2 rings (SSSR count). The Morgan fingerprint density at radius 3 is 3.14 bits per heavy atom. The molecule has 76 valence electrons. The Morgan fingerprint density at radius 2 is 2.36 bits per heavy atom. The summed E-state index contributed by atoms with van der Waals surface area (Å²) in [6.45, 7) is 3.05. The van der Waals surface area contributed by atoms with Crippen LogP contribution in [-0.4, -0.2) is 16.5 Å². The maximum atomic E-state index is 11.2. The summed E-state index contributed by atoms with van der Waals surface area (Å²) in [6, 6.07) is 0. The van der Waals surface area contributed by atoms with E-state index in [1.54, 1.807) is 0 Å². The molecule has 0 atom stereocenters. The van der Waals surface area contributed by atoms with Gasteiger partial charge in [-0.05, 0) is 19.3 Å². The third-order valence-corrected chi connectivity index (χ3v) is 2.57. The fourth-order valence-electron chi connectivity index (χ4n) is 1.83. The second-order valence-electron chi connectivity index (χ2n) is 3.63. The fraction of sp³-hybridized carbons (Fsp3) is 0.600. The highest BCUT2D eigenvalue weighted by molar-refractivity contribution is 5.50. The van der Waals surface area contributed by atoms with E-state index >= 15 is 0 Å². The molecular formula is C10H15N3O. The van der Waals surface area contributed by atoms with Crippen molar-refractivity contribution >= 4 is 5.82 Å². The van der Waals surface area contributed by atoms with Gasteiger partial charge >= 0.3 is 5.69 Å². The van der Waals surface area contributed by atoms with Gasteiger partial charge in [0.05, 0.1) is 0 Å². The Morgan fingerprint density at radius 1 is 1.50 bits per heavy atom. The Bertz CT molecular complexity index is 383. The molecule has 0 amide bonds. The third-order valence-electron chi connectivity index (χ3n) is 2.57. The normalized spacial score (nSPS) is 13.8. The number of aryl methyl sites for hydroxylation is 1. The van der Waals surface area contributed by atoms with Crippen molar-refractivity contribution in [2.24, 2.45) is 0 Å². The number of nitrogens with zero attached hydrogens (tertiary/aromatic N) is 1. The molecule has 2 N–H and O–H groups in total. The van der Waals surface area contributed by atoms with Gasteiger partial charge in [0, 0.05) is 17.8 Å². The molecule has 0 spiro atoms. The zero-order valence-corrected chi connectivity index (χ0v) is 8.39. The maximum absolute atomic E-state index is 11.2. The van der Waals surface area contributed by atoms with Crippen LogP contribution >= 0.6 is 0 Å². The second kappa shape index (κ2) is 3.82. The molecule has 0 aromatic carbocycles. The molecule has 0 fully saturated rings. The molecule has 1 aliphatic heterocycles. The van der Waals surface area contributed by atoms with Gasteiger partial charge in [0.1, 0.15) is 5.82 Å². The molecule has 1 aromatic heterocycles. The van der Waals surface area contributed by atoms with Crippen LogP contribution < -0.4 is 11.0 Å². The van der Waals surface area contributed by atoms with Crippen LogP contribution in [0.1, 0.15) is 31.0 Å². The van der Waals surface area contributed by atoms with Crippen molar-refractivity contribution in [3.05, 3.63) is 21.7 Å². The van der Waals surface area contributed by atoms with E-state index in [1.165, 1.54) is 5.56 Å². The predicted molar refractivity (Wildman–Crippen MR) is 55.7 cm³/mol. The predicted octanol–water partition coefficient (Wildman–Crippen LogP) is 1.08. The minimum atomic E-state index is -0.232. The van der Waals surface area contributed by atoms with Crippen molar-refractivity contribution in [2.75, 3.05) is 11.9 Å². The standard InChI is InChI=1S/C10H15N3O/c1-2-3-4-8-7-5-6-11-9(7)13-10(14)12-8/h2-6H2,1H3,(H2,11,12,13,14). The van der Waals surface area contributed by atoms with E-state index in [2.05, 4.69) is 22.2 Å². The highest BCUT2D eigenvalue weighted by Crippen LogP contribution is 2.21. The molecule has 0 unspecified atom stereocenters. The Kier molecular flexibility index (Phi) is 2.52. The summed E-state index contributed by atoms with van der Waals surface area (Å²) in [6.07, 6.45) is 4.20. The van der Waals surface area contributed by atoms with E-state index in [0.29, 0.717) is 0 Å². The highest BCUT2D eigenvalue weighted by atomic mass is 16.1.